The topological polar surface area (TPSA) is 86.7 Å². The lowest BCUT2D eigenvalue weighted by Crippen LogP contribution is -2.49. The molecule has 1 aromatic carbocycles. The Labute approximate surface area is 152 Å². The molecule has 0 spiro atoms. The summed E-state index contributed by atoms with van der Waals surface area (Å²) < 4.78 is 13.0. The van der Waals surface area contributed by atoms with E-state index in [-0.39, 0.29) is 18.4 Å². The van der Waals surface area contributed by atoms with Crippen LogP contribution in [0.2, 0.25) is 0 Å². The molecule has 0 aromatic heterocycles. The van der Waals surface area contributed by atoms with Crippen LogP contribution in [0.15, 0.2) is 24.3 Å². The number of carboxylic acids is 1. The van der Waals surface area contributed by atoms with Gasteiger partial charge in [0.2, 0.25) is 5.91 Å². The predicted octanol–water partition coefficient (Wildman–Crippen LogP) is 2.44. The van der Waals surface area contributed by atoms with E-state index in [1.54, 1.807) is 4.90 Å². The van der Waals surface area contributed by atoms with Crippen LogP contribution in [0.25, 0.3) is 0 Å². The SMILES string of the molecule is CCCC[C@H](NC(=O)C1CCCN(C(=O)c2ccc(F)cc2)C1)C(=O)O. The van der Waals surface area contributed by atoms with Gasteiger partial charge in [-0.1, -0.05) is 19.8 Å². The van der Waals surface area contributed by atoms with Crippen LogP contribution in [-0.2, 0) is 9.59 Å². The molecule has 6 nitrogen and oxygen atoms in total. The molecule has 1 heterocycles. The zero-order chi connectivity index (χ0) is 19.1. The molecule has 142 valence electrons. The summed E-state index contributed by atoms with van der Waals surface area (Å²) in [5, 5.41) is 11.9. The van der Waals surface area contributed by atoms with Gasteiger partial charge in [0, 0.05) is 18.7 Å². The van der Waals surface area contributed by atoms with Crippen molar-refractivity contribution in [1.82, 2.24) is 10.2 Å². The van der Waals surface area contributed by atoms with E-state index >= 15 is 0 Å². The zero-order valence-corrected chi connectivity index (χ0v) is 14.9. The van der Waals surface area contributed by atoms with Crippen molar-refractivity contribution < 1.29 is 23.9 Å². The molecule has 1 aliphatic rings. The lowest BCUT2D eigenvalue weighted by atomic mass is 9.95. The Balaban J connectivity index is 1.97. The van der Waals surface area contributed by atoms with Crippen LogP contribution in [-0.4, -0.2) is 46.9 Å². The molecule has 1 unspecified atom stereocenters. The molecule has 0 bridgehead atoms. The van der Waals surface area contributed by atoms with Crippen LogP contribution < -0.4 is 5.32 Å². The number of carboxylic acid groups (broad SMARTS) is 1. The fourth-order valence-corrected chi connectivity index (χ4v) is 3.11. The highest BCUT2D eigenvalue weighted by Crippen LogP contribution is 2.19. The van der Waals surface area contributed by atoms with Crippen molar-refractivity contribution in [3.8, 4) is 0 Å². The maximum Gasteiger partial charge on any atom is 0.326 e. The second kappa shape index (κ2) is 9.31. The van der Waals surface area contributed by atoms with Crippen LogP contribution in [0.3, 0.4) is 0 Å². The molecular formula is C19H25FN2O4. The van der Waals surface area contributed by atoms with Crippen molar-refractivity contribution in [3.63, 3.8) is 0 Å². The summed E-state index contributed by atoms with van der Waals surface area (Å²) in [7, 11) is 0. The average molecular weight is 364 g/mol. The Bertz CT molecular complexity index is 647. The van der Waals surface area contributed by atoms with E-state index in [1.807, 2.05) is 6.92 Å². The highest BCUT2D eigenvalue weighted by molar-refractivity contribution is 5.94. The molecule has 2 amide bonds. The highest BCUT2D eigenvalue weighted by Gasteiger charge is 2.31. The fourth-order valence-electron chi connectivity index (χ4n) is 3.11. The molecule has 0 radical (unpaired) electrons. The van der Waals surface area contributed by atoms with Gasteiger partial charge < -0.3 is 15.3 Å². The van der Waals surface area contributed by atoms with E-state index in [2.05, 4.69) is 5.32 Å². The van der Waals surface area contributed by atoms with Crippen molar-refractivity contribution in [2.24, 2.45) is 5.92 Å². The third kappa shape index (κ3) is 5.28. The quantitative estimate of drug-likeness (QED) is 0.778. The largest absolute Gasteiger partial charge is 0.480 e. The van der Waals surface area contributed by atoms with Crippen LogP contribution in [0, 0.1) is 11.7 Å². The van der Waals surface area contributed by atoms with Crippen LogP contribution in [0.1, 0.15) is 49.4 Å². The van der Waals surface area contributed by atoms with E-state index in [1.165, 1.54) is 24.3 Å². The van der Waals surface area contributed by atoms with Crippen LogP contribution >= 0.6 is 0 Å². The summed E-state index contributed by atoms with van der Waals surface area (Å²) in [5.74, 6) is -2.46. The zero-order valence-electron chi connectivity index (χ0n) is 14.9. The number of piperidine rings is 1. The molecular weight excluding hydrogens is 339 g/mol. The highest BCUT2D eigenvalue weighted by atomic mass is 19.1. The molecule has 1 aliphatic heterocycles. The summed E-state index contributed by atoms with van der Waals surface area (Å²) in [5.41, 5.74) is 0.374. The molecule has 0 aliphatic carbocycles. The first-order valence-electron chi connectivity index (χ1n) is 9.00. The molecule has 7 heteroatoms. The van der Waals surface area contributed by atoms with Gasteiger partial charge >= 0.3 is 5.97 Å². The average Bonchev–Trinajstić information content (AvgIpc) is 2.64. The third-order valence-electron chi connectivity index (χ3n) is 4.63. The number of rotatable bonds is 7. The van der Waals surface area contributed by atoms with Crippen molar-refractivity contribution >= 4 is 17.8 Å². The lowest BCUT2D eigenvalue weighted by molar-refractivity contribution is -0.143. The van der Waals surface area contributed by atoms with E-state index in [4.69, 9.17) is 0 Å². The standard InChI is InChI=1S/C19H25FN2O4/c1-2-3-6-16(19(25)26)21-17(23)14-5-4-11-22(12-14)18(24)13-7-9-15(20)10-8-13/h7-10,14,16H,2-6,11-12H2,1H3,(H,21,23)(H,25,26)/t14?,16-/m0/s1. The smallest absolute Gasteiger partial charge is 0.326 e. The number of amides is 2. The first-order chi connectivity index (χ1) is 12.4. The molecule has 1 aromatic rings. The number of hydrogen-bond donors (Lipinski definition) is 2. The van der Waals surface area contributed by atoms with Crippen LogP contribution in [0.4, 0.5) is 4.39 Å². The van der Waals surface area contributed by atoms with Gasteiger partial charge in [0.25, 0.3) is 5.91 Å². The van der Waals surface area contributed by atoms with Gasteiger partial charge in [-0.3, -0.25) is 9.59 Å². The van der Waals surface area contributed by atoms with Gasteiger partial charge in [-0.2, -0.15) is 0 Å². The number of carbonyl (C=O) groups excluding carboxylic acids is 2. The normalized spacial score (nSPS) is 18.2. The number of aliphatic carboxylic acids is 1. The summed E-state index contributed by atoms with van der Waals surface area (Å²) in [6.07, 6.45) is 3.24. The summed E-state index contributed by atoms with van der Waals surface area (Å²) in [6.45, 7) is 2.72. The number of likely N-dealkylation sites (tertiary alicyclic amines) is 1. The van der Waals surface area contributed by atoms with Crippen molar-refractivity contribution in [2.75, 3.05) is 13.1 Å². The molecule has 1 saturated heterocycles. The summed E-state index contributed by atoms with van der Waals surface area (Å²) in [6, 6.07) is 4.41. The first-order valence-corrected chi connectivity index (χ1v) is 9.00. The molecule has 26 heavy (non-hydrogen) atoms. The monoisotopic (exact) mass is 364 g/mol. The number of carbonyl (C=O) groups is 3. The Hall–Kier alpha value is -2.44. The maximum absolute atomic E-state index is 13.0. The minimum Gasteiger partial charge on any atom is -0.480 e. The molecule has 0 saturated carbocycles. The van der Waals surface area contributed by atoms with E-state index in [0.29, 0.717) is 31.4 Å². The van der Waals surface area contributed by atoms with E-state index in [0.717, 1.165) is 12.8 Å². The number of nitrogens with zero attached hydrogens (tertiary/aromatic N) is 1. The minimum atomic E-state index is -1.04. The Morgan fingerprint density at radius 2 is 2.00 bits per heavy atom. The second-order valence-corrected chi connectivity index (χ2v) is 6.64. The number of benzene rings is 1. The fraction of sp³-hybridized carbons (Fsp3) is 0.526. The minimum absolute atomic E-state index is 0.238. The number of unbranched alkanes of at least 4 members (excludes halogenated alkanes) is 1. The number of hydrogen-bond acceptors (Lipinski definition) is 3. The van der Waals surface area contributed by atoms with Gasteiger partial charge in [0.15, 0.2) is 0 Å². The Morgan fingerprint density at radius 3 is 2.62 bits per heavy atom. The van der Waals surface area contributed by atoms with Gasteiger partial charge in [-0.05, 0) is 43.5 Å². The van der Waals surface area contributed by atoms with Crippen molar-refractivity contribution in [1.29, 1.82) is 0 Å². The van der Waals surface area contributed by atoms with Gasteiger partial charge in [-0.15, -0.1) is 0 Å². The molecule has 2 N–H and O–H groups in total. The maximum atomic E-state index is 13.0. The molecule has 1 fully saturated rings. The first kappa shape index (κ1) is 19.9. The summed E-state index contributed by atoms with van der Waals surface area (Å²) in [4.78, 5) is 37.9. The van der Waals surface area contributed by atoms with E-state index in [9.17, 15) is 23.9 Å². The second-order valence-electron chi connectivity index (χ2n) is 6.64. The van der Waals surface area contributed by atoms with E-state index < -0.39 is 23.7 Å². The number of halogens is 1. The summed E-state index contributed by atoms with van der Waals surface area (Å²) >= 11 is 0. The van der Waals surface area contributed by atoms with Gasteiger partial charge in [0.1, 0.15) is 11.9 Å². The van der Waals surface area contributed by atoms with Gasteiger partial charge in [-0.25, -0.2) is 9.18 Å². The Kier molecular flexibility index (Phi) is 7.12. The predicted molar refractivity (Wildman–Crippen MR) is 94.1 cm³/mol. The number of nitrogens with one attached hydrogen (secondary N) is 1. The Morgan fingerprint density at radius 1 is 1.31 bits per heavy atom. The van der Waals surface area contributed by atoms with Crippen molar-refractivity contribution in [3.05, 3.63) is 35.6 Å². The lowest BCUT2D eigenvalue weighted by Gasteiger charge is -2.32. The molecule has 2 atom stereocenters. The van der Waals surface area contributed by atoms with Gasteiger partial charge in [0.05, 0.1) is 5.92 Å². The molecule has 2 rings (SSSR count). The third-order valence-corrected chi connectivity index (χ3v) is 4.63. The van der Waals surface area contributed by atoms with Crippen LogP contribution in [0.5, 0.6) is 0 Å². The van der Waals surface area contributed by atoms with Crippen molar-refractivity contribution in [2.45, 2.75) is 45.1 Å².